The van der Waals surface area contributed by atoms with Crippen LogP contribution in [0.3, 0.4) is 0 Å². The monoisotopic (exact) mass is 407 g/mol. The smallest absolute Gasteiger partial charge is 0.255 e. The van der Waals surface area contributed by atoms with Crippen LogP contribution in [0.25, 0.3) is 0 Å². The molecule has 2 atom stereocenters. The van der Waals surface area contributed by atoms with Gasteiger partial charge in [-0.25, -0.2) is 4.98 Å². The van der Waals surface area contributed by atoms with Crippen molar-refractivity contribution in [1.82, 2.24) is 14.8 Å². The number of fused-ring (bicyclic) bond motifs is 3. The number of hydrogen-bond acceptors (Lipinski definition) is 5. The summed E-state index contributed by atoms with van der Waals surface area (Å²) < 4.78 is 5.38. The molecule has 0 saturated carbocycles. The summed E-state index contributed by atoms with van der Waals surface area (Å²) in [6.07, 6.45) is 4.18. The maximum atomic E-state index is 13.6. The fourth-order valence-corrected chi connectivity index (χ4v) is 5.50. The summed E-state index contributed by atoms with van der Waals surface area (Å²) in [5.74, 6) is 0.215. The highest BCUT2D eigenvalue weighted by atomic mass is 16.5. The van der Waals surface area contributed by atoms with Crippen LogP contribution in [0.1, 0.15) is 57.5 Å². The third-order valence-corrected chi connectivity index (χ3v) is 6.82. The molecule has 5 rings (SSSR count). The molecular weight excluding hydrogens is 382 g/mol. The molecule has 2 saturated heterocycles. The Morgan fingerprint density at radius 2 is 1.93 bits per heavy atom. The van der Waals surface area contributed by atoms with Gasteiger partial charge >= 0.3 is 0 Å². The van der Waals surface area contributed by atoms with E-state index in [0.717, 1.165) is 18.4 Å². The van der Waals surface area contributed by atoms with E-state index < -0.39 is 5.60 Å². The van der Waals surface area contributed by atoms with Gasteiger partial charge in [-0.1, -0.05) is 12.1 Å². The molecule has 2 fully saturated rings. The molecule has 3 aliphatic rings. The second kappa shape index (κ2) is 6.80. The number of methoxy groups -OCH3 is 1. The SMILES string of the molecule is COc1ncccc1C1(O)C[C@@H]2CC[C@@H](C1)N2C(=O)c1cccc2c1C(=O)N(C)C2. The highest BCUT2D eigenvalue weighted by Crippen LogP contribution is 2.48. The predicted octanol–water partition coefficient (Wildman–Crippen LogP) is 2.33. The number of piperidine rings is 1. The average Bonchev–Trinajstić information content (AvgIpc) is 3.20. The molecule has 0 radical (unpaired) electrons. The molecule has 4 heterocycles. The van der Waals surface area contributed by atoms with Crippen molar-refractivity contribution in [3.05, 3.63) is 58.8 Å². The van der Waals surface area contributed by atoms with Gasteiger partial charge in [0.25, 0.3) is 11.8 Å². The van der Waals surface area contributed by atoms with E-state index in [1.54, 1.807) is 37.4 Å². The Hall–Kier alpha value is -2.93. The molecule has 7 heteroatoms. The van der Waals surface area contributed by atoms with Crippen LogP contribution in [-0.2, 0) is 12.1 Å². The van der Waals surface area contributed by atoms with Gasteiger partial charge in [-0.05, 0) is 36.6 Å². The predicted molar refractivity (Wildman–Crippen MR) is 109 cm³/mol. The van der Waals surface area contributed by atoms with Gasteiger partial charge in [0.15, 0.2) is 0 Å². The van der Waals surface area contributed by atoms with Gasteiger partial charge in [-0.2, -0.15) is 0 Å². The van der Waals surface area contributed by atoms with E-state index in [9.17, 15) is 14.7 Å². The molecule has 1 aromatic carbocycles. The second-order valence-electron chi connectivity index (χ2n) is 8.60. The number of carbonyl (C=O) groups is 2. The molecular formula is C23H25N3O4. The first kappa shape index (κ1) is 19.1. The molecule has 3 aliphatic heterocycles. The Labute approximate surface area is 175 Å². The normalized spacial score (nSPS) is 27.4. The van der Waals surface area contributed by atoms with Crippen LogP contribution in [0.5, 0.6) is 5.88 Å². The molecule has 1 aromatic heterocycles. The molecule has 0 unspecified atom stereocenters. The van der Waals surface area contributed by atoms with Gasteiger partial charge in [-0.15, -0.1) is 0 Å². The van der Waals surface area contributed by atoms with Gasteiger partial charge in [-0.3, -0.25) is 9.59 Å². The minimum absolute atomic E-state index is 0.0868. The summed E-state index contributed by atoms with van der Waals surface area (Å²) in [6, 6.07) is 8.98. The zero-order chi connectivity index (χ0) is 21.0. The number of ether oxygens (including phenoxy) is 1. The van der Waals surface area contributed by atoms with Gasteiger partial charge in [0.2, 0.25) is 5.88 Å². The maximum absolute atomic E-state index is 13.6. The molecule has 30 heavy (non-hydrogen) atoms. The van der Waals surface area contributed by atoms with Crippen molar-refractivity contribution < 1.29 is 19.4 Å². The van der Waals surface area contributed by atoms with Gasteiger partial charge in [0, 0.05) is 50.3 Å². The number of rotatable bonds is 3. The lowest BCUT2D eigenvalue weighted by molar-refractivity contribution is -0.0494. The fraction of sp³-hybridized carbons (Fsp3) is 0.435. The number of amides is 2. The number of benzene rings is 1. The molecule has 2 aromatic rings. The van der Waals surface area contributed by atoms with E-state index in [1.165, 1.54) is 0 Å². The second-order valence-corrected chi connectivity index (χ2v) is 8.60. The zero-order valence-corrected chi connectivity index (χ0v) is 17.2. The quantitative estimate of drug-likeness (QED) is 0.844. The van der Waals surface area contributed by atoms with E-state index in [1.807, 2.05) is 23.1 Å². The number of nitrogens with zero attached hydrogens (tertiary/aromatic N) is 3. The Balaban J connectivity index is 1.47. The highest BCUT2D eigenvalue weighted by molar-refractivity contribution is 6.09. The lowest BCUT2D eigenvalue weighted by Gasteiger charge is -2.44. The van der Waals surface area contributed by atoms with Crippen LogP contribution in [0.15, 0.2) is 36.5 Å². The molecule has 156 valence electrons. The third kappa shape index (κ3) is 2.72. The lowest BCUT2D eigenvalue weighted by Crippen LogP contribution is -2.52. The van der Waals surface area contributed by atoms with E-state index in [4.69, 9.17) is 4.74 Å². The molecule has 7 nitrogen and oxygen atoms in total. The number of aromatic nitrogens is 1. The Morgan fingerprint density at radius 3 is 2.63 bits per heavy atom. The topological polar surface area (TPSA) is 83.0 Å². The van der Waals surface area contributed by atoms with Crippen molar-refractivity contribution >= 4 is 11.8 Å². The van der Waals surface area contributed by atoms with Gasteiger partial charge in [0.05, 0.1) is 23.8 Å². The van der Waals surface area contributed by atoms with Crippen LogP contribution in [0.4, 0.5) is 0 Å². The summed E-state index contributed by atoms with van der Waals surface area (Å²) in [6.45, 7) is 0.530. The Bertz CT molecular complexity index is 1020. The van der Waals surface area contributed by atoms with Crippen molar-refractivity contribution in [2.45, 2.75) is 49.9 Å². The van der Waals surface area contributed by atoms with E-state index in [2.05, 4.69) is 4.98 Å². The summed E-state index contributed by atoms with van der Waals surface area (Å²) in [7, 11) is 3.30. The molecule has 1 N–H and O–H groups in total. The van der Waals surface area contributed by atoms with Crippen LogP contribution < -0.4 is 4.74 Å². The van der Waals surface area contributed by atoms with Crippen molar-refractivity contribution in [3.63, 3.8) is 0 Å². The maximum Gasteiger partial charge on any atom is 0.255 e. The van der Waals surface area contributed by atoms with Crippen LogP contribution in [0.2, 0.25) is 0 Å². The summed E-state index contributed by atoms with van der Waals surface area (Å²) in [5.41, 5.74) is 1.49. The molecule has 0 spiro atoms. The summed E-state index contributed by atoms with van der Waals surface area (Å²) in [5, 5.41) is 11.5. The summed E-state index contributed by atoms with van der Waals surface area (Å²) >= 11 is 0. The van der Waals surface area contributed by atoms with Crippen LogP contribution >= 0.6 is 0 Å². The van der Waals surface area contributed by atoms with Crippen molar-refractivity contribution in [2.24, 2.45) is 0 Å². The summed E-state index contributed by atoms with van der Waals surface area (Å²) in [4.78, 5) is 34.0. The van der Waals surface area contributed by atoms with Crippen LogP contribution in [0, 0.1) is 0 Å². The minimum Gasteiger partial charge on any atom is -0.481 e. The van der Waals surface area contributed by atoms with Gasteiger partial charge in [0.1, 0.15) is 0 Å². The van der Waals surface area contributed by atoms with E-state index in [-0.39, 0.29) is 23.9 Å². The van der Waals surface area contributed by atoms with Crippen molar-refractivity contribution in [3.8, 4) is 5.88 Å². The first-order chi connectivity index (χ1) is 14.4. The Morgan fingerprint density at radius 1 is 1.20 bits per heavy atom. The van der Waals surface area contributed by atoms with Gasteiger partial charge < -0.3 is 19.6 Å². The molecule has 0 aliphatic carbocycles. The van der Waals surface area contributed by atoms with Crippen molar-refractivity contribution in [1.29, 1.82) is 0 Å². The average molecular weight is 407 g/mol. The zero-order valence-electron chi connectivity index (χ0n) is 17.2. The Kier molecular flexibility index (Phi) is 4.32. The number of aliphatic hydroxyl groups is 1. The largest absolute Gasteiger partial charge is 0.481 e. The third-order valence-electron chi connectivity index (χ3n) is 6.82. The molecule has 2 bridgehead atoms. The molecule has 2 amide bonds. The standard InChI is InChI=1S/C23H25N3O4/c1-25-13-14-5-3-6-17(19(14)22(25)28)21(27)26-15-8-9-16(26)12-23(29,11-15)18-7-4-10-24-20(18)30-2/h3-7,10,15-16,29H,8-9,11-13H2,1-2H3/t15-,16-/m0/s1. The lowest BCUT2D eigenvalue weighted by atomic mass is 9.80. The first-order valence-electron chi connectivity index (χ1n) is 10.3. The van der Waals surface area contributed by atoms with Crippen molar-refractivity contribution in [2.75, 3.05) is 14.2 Å². The highest BCUT2D eigenvalue weighted by Gasteiger charge is 2.51. The number of hydrogen-bond donors (Lipinski definition) is 1. The van der Waals surface area contributed by atoms with E-state index in [0.29, 0.717) is 42.0 Å². The first-order valence-corrected chi connectivity index (χ1v) is 10.3. The minimum atomic E-state index is -1.09. The fourth-order valence-electron chi connectivity index (χ4n) is 5.50. The number of pyridine rings is 1. The number of carbonyl (C=O) groups excluding carboxylic acids is 2. The van der Waals surface area contributed by atoms with Crippen LogP contribution in [-0.4, -0.2) is 57.9 Å². The van der Waals surface area contributed by atoms with E-state index >= 15 is 0 Å².